The van der Waals surface area contributed by atoms with E-state index in [9.17, 15) is 9.18 Å². The molecule has 23 heavy (non-hydrogen) atoms. The molecule has 2 aromatic rings. The van der Waals surface area contributed by atoms with Crippen LogP contribution in [0.1, 0.15) is 16.1 Å². The smallest absolute Gasteiger partial charge is 0.275 e. The van der Waals surface area contributed by atoms with Crippen molar-refractivity contribution in [2.24, 2.45) is 7.05 Å². The molecule has 0 saturated carbocycles. The van der Waals surface area contributed by atoms with Crippen molar-refractivity contribution in [2.45, 2.75) is 6.54 Å². The number of nitrogens with zero attached hydrogens (tertiary/aromatic N) is 4. The Bertz CT molecular complexity index is 710. The largest absolute Gasteiger partial charge is 0.335 e. The van der Waals surface area contributed by atoms with Crippen LogP contribution < -0.4 is 0 Å². The highest BCUT2D eigenvalue weighted by Gasteiger charge is 2.25. The first-order chi connectivity index (χ1) is 11.0. The number of aromatic nitrogens is 2. The highest BCUT2D eigenvalue weighted by Crippen LogP contribution is 2.18. The summed E-state index contributed by atoms with van der Waals surface area (Å²) < 4.78 is 16.0. The van der Waals surface area contributed by atoms with Gasteiger partial charge in [0, 0.05) is 51.5 Å². The molecule has 1 amide bonds. The molecular formula is C16H18BrFN4O. The van der Waals surface area contributed by atoms with Crippen LogP contribution in [0.5, 0.6) is 0 Å². The van der Waals surface area contributed by atoms with Crippen LogP contribution in [0.2, 0.25) is 0 Å². The van der Waals surface area contributed by atoms with Crippen molar-refractivity contribution in [3.05, 3.63) is 52.0 Å². The molecule has 1 aliphatic heterocycles. The standard InChI is InChI=1S/C16H18BrFN4O/c1-20-11-13(17)15(19-20)16(23)22-8-6-21(7-9-22)10-12-4-2-3-5-14(12)18/h2-5,11H,6-10H2,1H3. The number of amides is 1. The first-order valence-corrected chi connectivity index (χ1v) is 8.28. The van der Waals surface area contributed by atoms with Gasteiger partial charge in [0.2, 0.25) is 0 Å². The minimum atomic E-state index is -0.177. The molecular weight excluding hydrogens is 363 g/mol. The van der Waals surface area contributed by atoms with Crippen molar-refractivity contribution in [1.29, 1.82) is 0 Å². The second-order valence-corrected chi connectivity index (χ2v) is 6.51. The van der Waals surface area contributed by atoms with Gasteiger partial charge >= 0.3 is 0 Å². The predicted octanol–water partition coefficient (Wildman–Crippen LogP) is 2.28. The van der Waals surface area contributed by atoms with Gasteiger partial charge in [-0.2, -0.15) is 5.10 Å². The summed E-state index contributed by atoms with van der Waals surface area (Å²) in [6, 6.07) is 6.82. The molecule has 5 nitrogen and oxygen atoms in total. The lowest BCUT2D eigenvalue weighted by atomic mass is 10.2. The van der Waals surface area contributed by atoms with Crippen LogP contribution in [0, 0.1) is 5.82 Å². The van der Waals surface area contributed by atoms with Gasteiger partial charge in [-0.3, -0.25) is 14.4 Å². The number of rotatable bonds is 3. The lowest BCUT2D eigenvalue weighted by molar-refractivity contribution is 0.0619. The zero-order chi connectivity index (χ0) is 16.4. The van der Waals surface area contributed by atoms with Crippen molar-refractivity contribution in [2.75, 3.05) is 26.2 Å². The van der Waals surface area contributed by atoms with E-state index in [0.29, 0.717) is 35.4 Å². The second kappa shape index (κ2) is 6.80. The van der Waals surface area contributed by atoms with Gasteiger partial charge in [-0.25, -0.2) is 4.39 Å². The van der Waals surface area contributed by atoms with E-state index in [0.717, 1.165) is 13.1 Å². The minimum Gasteiger partial charge on any atom is -0.335 e. The number of benzene rings is 1. The van der Waals surface area contributed by atoms with E-state index >= 15 is 0 Å². The maximum absolute atomic E-state index is 13.7. The lowest BCUT2D eigenvalue weighted by Crippen LogP contribution is -2.48. The van der Waals surface area contributed by atoms with E-state index in [-0.39, 0.29) is 11.7 Å². The zero-order valence-electron chi connectivity index (χ0n) is 12.9. The molecule has 1 aromatic carbocycles. The third kappa shape index (κ3) is 3.61. The summed E-state index contributed by atoms with van der Waals surface area (Å²) in [5.74, 6) is -0.244. The number of piperazine rings is 1. The Hall–Kier alpha value is -1.73. The zero-order valence-corrected chi connectivity index (χ0v) is 14.5. The van der Waals surface area contributed by atoms with Gasteiger partial charge in [0.25, 0.3) is 5.91 Å². The molecule has 0 atom stereocenters. The second-order valence-electron chi connectivity index (χ2n) is 5.66. The molecule has 1 fully saturated rings. The van der Waals surface area contributed by atoms with E-state index in [2.05, 4.69) is 25.9 Å². The third-order valence-corrected chi connectivity index (χ3v) is 4.58. The van der Waals surface area contributed by atoms with Crippen LogP contribution >= 0.6 is 15.9 Å². The fraction of sp³-hybridized carbons (Fsp3) is 0.375. The molecule has 3 rings (SSSR count). The Morgan fingerprint density at radius 2 is 1.96 bits per heavy atom. The molecule has 1 saturated heterocycles. The molecule has 0 spiro atoms. The Morgan fingerprint density at radius 1 is 1.26 bits per heavy atom. The molecule has 0 radical (unpaired) electrons. The van der Waals surface area contributed by atoms with Gasteiger partial charge in [0.1, 0.15) is 5.82 Å². The number of aryl methyl sites for hydroxylation is 1. The van der Waals surface area contributed by atoms with Gasteiger partial charge in [-0.15, -0.1) is 0 Å². The minimum absolute atomic E-state index is 0.0667. The summed E-state index contributed by atoms with van der Waals surface area (Å²) in [5.41, 5.74) is 1.13. The van der Waals surface area contributed by atoms with Gasteiger partial charge in [-0.1, -0.05) is 18.2 Å². The fourth-order valence-corrected chi connectivity index (χ4v) is 3.28. The number of hydrogen-bond acceptors (Lipinski definition) is 3. The summed E-state index contributed by atoms with van der Waals surface area (Å²) in [6.45, 7) is 3.27. The van der Waals surface area contributed by atoms with E-state index in [1.54, 1.807) is 35.0 Å². The van der Waals surface area contributed by atoms with Crippen LogP contribution in [-0.2, 0) is 13.6 Å². The lowest BCUT2D eigenvalue weighted by Gasteiger charge is -2.34. The predicted molar refractivity (Wildman–Crippen MR) is 88.5 cm³/mol. The van der Waals surface area contributed by atoms with Crippen LogP contribution in [0.25, 0.3) is 0 Å². The van der Waals surface area contributed by atoms with Gasteiger partial charge in [0.05, 0.1) is 4.47 Å². The van der Waals surface area contributed by atoms with E-state index in [4.69, 9.17) is 0 Å². The van der Waals surface area contributed by atoms with Gasteiger partial charge < -0.3 is 4.90 Å². The first kappa shape index (κ1) is 16.1. The van der Waals surface area contributed by atoms with Crippen molar-refractivity contribution in [3.8, 4) is 0 Å². The summed E-state index contributed by atoms with van der Waals surface area (Å²) in [7, 11) is 1.79. The monoisotopic (exact) mass is 380 g/mol. The summed E-state index contributed by atoms with van der Waals surface area (Å²) in [5, 5.41) is 4.20. The topological polar surface area (TPSA) is 41.4 Å². The highest BCUT2D eigenvalue weighted by atomic mass is 79.9. The van der Waals surface area contributed by atoms with E-state index in [1.165, 1.54) is 6.07 Å². The van der Waals surface area contributed by atoms with Crippen molar-refractivity contribution < 1.29 is 9.18 Å². The molecule has 7 heteroatoms. The van der Waals surface area contributed by atoms with Crippen molar-refractivity contribution >= 4 is 21.8 Å². The summed E-state index contributed by atoms with van der Waals surface area (Å²) in [6.07, 6.45) is 1.77. The first-order valence-electron chi connectivity index (χ1n) is 7.49. The van der Waals surface area contributed by atoms with Gasteiger partial charge in [-0.05, 0) is 22.0 Å². The van der Waals surface area contributed by atoms with Crippen molar-refractivity contribution in [3.63, 3.8) is 0 Å². The Morgan fingerprint density at radius 3 is 2.57 bits per heavy atom. The number of carbonyl (C=O) groups is 1. The number of halogens is 2. The average Bonchev–Trinajstić information content (AvgIpc) is 2.88. The molecule has 1 aromatic heterocycles. The molecule has 2 heterocycles. The third-order valence-electron chi connectivity index (χ3n) is 4.00. The normalized spacial score (nSPS) is 15.9. The van der Waals surface area contributed by atoms with Crippen LogP contribution in [0.4, 0.5) is 4.39 Å². The summed E-state index contributed by atoms with van der Waals surface area (Å²) in [4.78, 5) is 16.5. The van der Waals surface area contributed by atoms with Crippen LogP contribution in [0.15, 0.2) is 34.9 Å². The molecule has 1 aliphatic rings. The van der Waals surface area contributed by atoms with Crippen LogP contribution in [0.3, 0.4) is 0 Å². The Kier molecular flexibility index (Phi) is 4.77. The molecule has 0 bridgehead atoms. The molecule has 0 unspecified atom stereocenters. The van der Waals surface area contributed by atoms with Gasteiger partial charge in [0.15, 0.2) is 5.69 Å². The quantitative estimate of drug-likeness (QED) is 0.819. The van der Waals surface area contributed by atoms with E-state index in [1.807, 2.05) is 6.07 Å². The maximum atomic E-state index is 13.7. The Balaban J connectivity index is 1.59. The molecule has 122 valence electrons. The maximum Gasteiger partial charge on any atom is 0.275 e. The SMILES string of the molecule is Cn1cc(Br)c(C(=O)N2CCN(Cc3ccccc3F)CC2)n1. The van der Waals surface area contributed by atoms with Crippen LogP contribution in [-0.4, -0.2) is 51.7 Å². The number of carbonyl (C=O) groups excluding carboxylic acids is 1. The fourth-order valence-electron chi connectivity index (χ4n) is 2.73. The van der Waals surface area contributed by atoms with E-state index < -0.39 is 0 Å². The Labute approximate surface area is 142 Å². The highest BCUT2D eigenvalue weighted by molar-refractivity contribution is 9.10. The molecule has 0 aliphatic carbocycles. The number of hydrogen-bond donors (Lipinski definition) is 0. The molecule has 0 N–H and O–H groups in total. The summed E-state index contributed by atoms with van der Waals surface area (Å²) >= 11 is 3.37. The van der Waals surface area contributed by atoms with Crippen molar-refractivity contribution in [1.82, 2.24) is 19.6 Å². The average molecular weight is 381 g/mol.